The van der Waals surface area contributed by atoms with E-state index in [-0.39, 0.29) is 5.91 Å². The van der Waals surface area contributed by atoms with Gasteiger partial charge in [-0.3, -0.25) is 4.79 Å². The predicted molar refractivity (Wildman–Crippen MR) is 89.1 cm³/mol. The first kappa shape index (κ1) is 15.9. The molecule has 4 heteroatoms. The highest BCUT2D eigenvalue weighted by atomic mass is 16.5. The van der Waals surface area contributed by atoms with E-state index in [9.17, 15) is 4.79 Å². The second kappa shape index (κ2) is 8.08. The average Bonchev–Trinajstić information content (AvgIpc) is 2.52. The zero-order valence-corrected chi connectivity index (χ0v) is 12.8. The van der Waals surface area contributed by atoms with E-state index < -0.39 is 0 Å². The number of aryl methyl sites for hydroxylation is 1. The van der Waals surface area contributed by atoms with Crippen LogP contribution in [0.4, 0.5) is 5.69 Å². The summed E-state index contributed by atoms with van der Waals surface area (Å²) in [5, 5.41) is 2.87. The molecule has 0 aromatic heterocycles. The number of rotatable bonds is 7. The summed E-state index contributed by atoms with van der Waals surface area (Å²) in [5.41, 5.74) is 8.01. The van der Waals surface area contributed by atoms with E-state index in [1.165, 1.54) is 5.56 Å². The summed E-state index contributed by atoms with van der Waals surface area (Å²) in [6.07, 6.45) is 1.75. The summed E-state index contributed by atoms with van der Waals surface area (Å²) in [4.78, 5) is 11.9. The van der Waals surface area contributed by atoms with Gasteiger partial charge in [0.05, 0.1) is 12.2 Å². The van der Waals surface area contributed by atoms with E-state index in [4.69, 9.17) is 10.5 Å². The molecule has 2 aromatic rings. The number of unbranched alkanes of at least 4 members (excludes halogenated alkanes) is 1. The number of amides is 1. The van der Waals surface area contributed by atoms with Gasteiger partial charge in [0.1, 0.15) is 5.75 Å². The molecule has 3 N–H and O–H groups in total. The van der Waals surface area contributed by atoms with Crippen molar-refractivity contribution in [3.63, 3.8) is 0 Å². The van der Waals surface area contributed by atoms with Crippen molar-refractivity contribution in [2.75, 3.05) is 18.9 Å². The van der Waals surface area contributed by atoms with Gasteiger partial charge >= 0.3 is 0 Å². The minimum absolute atomic E-state index is 0.127. The lowest BCUT2D eigenvalue weighted by Gasteiger charge is -2.08. The molecule has 0 saturated carbocycles. The molecule has 0 radical (unpaired) electrons. The molecule has 2 aromatic carbocycles. The van der Waals surface area contributed by atoms with Gasteiger partial charge in [-0.05, 0) is 44.0 Å². The van der Waals surface area contributed by atoms with Crippen LogP contribution in [0, 0.1) is 6.92 Å². The number of benzene rings is 2. The average molecular weight is 298 g/mol. The van der Waals surface area contributed by atoms with Gasteiger partial charge < -0.3 is 15.8 Å². The molecular weight excluding hydrogens is 276 g/mol. The van der Waals surface area contributed by atoms with Gasteiger partial charge in [-0.25, -0.2) is 0 Å². The number of hydrogen-bond acceptors (Lipinski definition) is 3. The molecule has 116 valence electrons. The van der Waals surface area contributed by atoms with Crippen LogP contribution < -0.4 is 15.8 Å². The maximum atomic E-state index is 11.9. The Balaban J connectivity index is 1.62. The molecule has 0 fully saturated rings. The predicted octanol–water partition coefficient (Wildman–Crippen LogP) is 3.17. The Morgan fingerprint density at radius 1 is 1.09 bits per heavy atom. The summed E-state index contributed by atoms with van der Waals surface area (Å²) < 4.78 is 5.64. The maximum Gasteiger partial charge on any atom is 0.253 e. The van der Waals surface area contributed by atoms with Crippen molar-refractivity contribution in [3.8, 4) is 5.75 Å². The van der Waals surface area contributed by atoms with Gasteiger partial charge in [0.2, 0.25) is 0 Å². The number of para-hydroxylation sites is 1. The molecule has 0 atom stereocenters. The third-order valence-electron chi connectivity index (χ3n) is 3.35. The zero-order chi connectivity index (χ0) is 15.8. The van der Waals surface area contributed by atoms with E-state index in [2.05, 4.69) is 5.32 Å². The fourth-order valence-electron chi connectivity index (χ4n) is 2.05. The third-order valence-corrected chi connectivity index (χ3v) is 3.35. The van der Waals surface area contributed by atoms with Crippen LogP contribution >= 0.6 is 0 Å². The minimum Gasteiger partial charge on any atom is -0.494 e. The smallest absolute Gasteiger partial charge is 0.253 e. The van der Waals surface area contributed by atoms with Crippen molar-refractivity contribution in [2.24, 2.45) is 0 Å². The fraction of sp³-hybridized carbons (Fsp3) is 0.278. The van der Waals surface area contributed by atoms with Gasteiger partial charge in [0.25, 0.3) is 5.91 Å². The maximum absolute atomic E-state index is 11.9. The third kappa shape index (κ3) is 4.81. The number of nitrogens with one attached hydrogen (secondary N) is 1. The standard InChI is InChI=1S/C18H22N2O2/c1-14-8-10-15(11-9-14)22-13-5-4-12-20-18(21)16-6-2-3-7-17(16)19/h2-3,6-11H,4-5,12-13,19H2,1H3,(H,20,21). The molecule has 0 saturated heterocycles. The van der Waals surface area contributed by atoms with Crippen molar-refractivity contribution in [1.82, 2.24) is 5.32 Å². The fourth-order valence-corrected chi connectivity index (χ4v) is 2.05. The van der Waals surface area contributed by atoms with Crippen LogP contribution in [-0.4, -0.2) is 19.1 Å². The van der Waals surface area contributed by atoms with E-state index in [0.29, 0.717) is 24.4 Å². The number of nitrogens with two attached hydrogens (primary N) is 1. The van der Waals surface area contributed by atoms with Crippen LogP contribution in [0.2, 0.25) is 0 Å². The molecule has 0 bridgehead atoms. The Kier molecular flexibility index (Phi) is 5.83. The molecule has 0 aliphatic carbocycles. The highest BCUT2D eigenvalue weighted by Crippen LogP contribution is 2.12. The van der Waals surface area contributed by atoms with Crippen molar-refractivity contribution >= 4 is 11.6 Å². The number of ether oxygens (including phenoxy) is 1. The molecule has 0 spiro atoms. The molecule has 0 unspecified atom stereocenters. The Bertz CT molecular complexity index is 609. The quantitative estimate of drug-likeness (QED) is 0.609. The van der Waals surface area contributed by atoms with Crippen molar-refractivity contribution in [3.05, 3.63) is 59.7 Å². The van der Waals surface area contributed by atoms with Gasteiger partial charge in [0, 0.05) is 12.2 Å². The summed E-state index contributed by atoms with van der Waals surface area (Å²) in [5.74, 6) is 0.754. The van der Waals surface area contributed by atoms with Gasteiger partial charge in [-0.1, -0.05) is 29.8 Å². The molecule has 0 heterocycles. The Morgan fingerprint density at radius 2 is 1.82 bits per heavy atom. The lowest BCUT2D eigenvalue weighted by Crippen LogP contribution is -2.25. The monoisotopic (exact) mass is 298 g/mol. The van der Waals surface area contributed by atoms with Crippen molar-refractivity contribution in [1.29, 1.82) is 0 Å². The van der Waals surface area contributed by atoms with E-state index >= 15 is 0 Å². The molecule has 2 rings (SSSR count). The first-order valence-electron chi connectivity index (χ1n) is 7.49. The Labute approximate surface area is 131 Å². The number of carbonyl (C=O) groups excluding carboxylic acids is 1. The first-order valence-corrected chi connectivity index (χ1v) is 7.49. The SMILES string of the molecule is Cc1ccc(OCCCCNC(=O)c2ccccc2N)cc1. The van der Waals surface area contributed by atoms with Crippen LogP contribution in [0.15, 0.2) is 48.5 Å². The van der Waals surface area contributed by atoms with Crippen LogP contribution in [-0.2, 0) is 0 Å². The number of hydrogen-bond donors (Lipinski definition) is 2. The second-order valence-electron chi connectivity index (χ2n) is 5.21. The summed E-state index contributed by atoms with van der Waals surface area (Å²) >= 11 is 0. The largest absolute Gasteiger partial charge is 0.494 e. The van der Waals surface area contributed by atoms with Crippen molar-refractivity contribution < 1.29 is 9.53 Å². The lowest BCUT2D eigenvalue weighted by atomic mass is 10.1. The van der Waals surface area contributed by atoms with Crippen LogP contribution in [0.5, 0.6) is 5.75 Å². The summed E-state index contributed by atoms with van der Waals surface area (Å²) in [6, 6.07) is 15.1. The summed E-state index contributed by atoms with van der Waals surface area (Å²) in [6.45, 7) is 3.31. The molecule has 1 amide bonds. The molecule has 0 aliphatic rings. The molecular formula is C18H22N2O2. The van der Waals surface area contributed by atoms with E-state index in [1.807, 2.05) is 37.3 Å². The number of carbonyl (C=O) groups is 1. The Hall–Kier alpha value is -2.49. The van der Waals surface area contributed by atoms with E-state index in [0.717, 1.165) is 18.6 Å². The Morgan fingerprint density at radius 3 is 2.55 bits per heavy atom. The second-order valence-corrected chi connectivity index (χ2v) is 5.21. The van der Waals surface area contributed by atoms with E-state index in [1.54, 1.807) is 18.2 Å². The van der Waals surface area contributed by atoms with Crippen LogP contribution in [0.25, 0.3) is 0 Å². The van der Waals surface area contributed by atoms with Gasteiger partial charge in [-0.2, -0.15) is 0 Å². The van der Waals surface area contributed by atoms with Gasteiger partial charge in [0.15, 0.2) is 0 Å². The topological polar surface area (TPSA) is 64.3 Å². The molecule has 0 aliphatic heterocycles. The highest BCUT2D eigenvalue weighted by molar-refractivity contribution is 5.98. The van der Waals surface area contributed by atoms with Gasteiger partial charge in [-0.15, -0.1) is 0 Å². The number of anilines is 1. The number of nitrogen functional groups attached to an aromatic ring is 1. The molecule has 4 nitrogen and oxygen atoms in total. The normalized spacial score (nSPS) is 10.2. The zero-order valence-electron chi connectivity index (χ0n) is 12.8. The minimum atomic E-state index is -0.127. The lowest BCUT2D eigenvalue weighted by molar-refractivity contribution is 0.0953. The van der Waals surface area contributed by atoms with Crippen LogP contribution in [0.1, 0.15) is 28.8 Å². The van der Waals surface area contributed by atoms with Crippen LogP contribution in [0.3, 0.4) is 0 Å². The summed E-state index contributed by atoms with van der Waals surface area (Å²) in [7, 11) is 0. The van der Waals surface area contributed by atoms with Crippen molar-refractivity contribution in [2.45, 2.75) is 19.8 Å². The first-order chi connectivity index (χ1) is 10.7. The highest BCUT2D eigenvalue weighted by Gasteiger charge is 2.07. The molecule has 22 heavy (non-hydrogen) atoms.